The van der Waals surface area contributed by atoms with E-state index in [4.69, 9.17) is 4.98 Å². The molecule has 124 valence electrons. The van der Waals surface area contributed by atoms with Crippen LogP contribution in [0.1, 0.15) is 0 Å². The molecule has 2 N–H and O–H groups in total. The largest absolute Gasteiger partial charge is 0.340 e. The number of aromatic amines is 1. The highest BCUT2D eigenvalue weighted by Crippen LogP contribution is 2.29. The van der Waals surface area contributed by atoms with Crippen molar-refractivity contribution < 1.29 is 0 Å². The van der Waals surface area contributed by atoms with Gasteiger partial charge < -0.3 is 5.32 Å². The van der Waals surface area contributed by atoms with E-state index < -0.39 is 0 Å². The molecule has 5 aromatic rings. The number of aromatic nitrogens is 6. The summed E-state index contributed by atoms with van der Waals surface area (Å²) in [5.41, 5.74) is 5.20. The SMILES string of the molecule is c1cnc2cc(-c3ccncc3)nc(Nc3ccc4n[nH]nc4c3)c2c1. The minimum absolute atomic E-state index is 0.741. The molecule has 0 atom stereocenters. The summed E-state index contributed by atoms with van der Waals surface area (Å²) in [6, 6.07) is 15.6. The first-order chi connectivity index (χ1) is 12.9. The van der Waals surface area contributed by atoms with Gasteiger partial charge in [0.05, 0.1) is 11.2 Å². The molecule has 0 bridgehead atoms. The lowest BCUT2D eigenvalue weighted by molar-refractivity contribution is 0.959. The van der Waals surface area contributed by atoms with Gasteiger partial charge in [-0.3, -0.25) is 9.97 Å². The third kappa shape index (κ3) is 2.51. The number of nitrogens with zero attached hydrogens (tertiary/aromatic N) is 5. The fourth-order valence-electron chi connectivity index (χ4n) is 2.90. The Morgan fingerprint density at radius 1 is 0.808 bits per heavy atom. The second kappa shape index (κ2) is 5.89. The number of hydrogen-bond acceptors (Lipinski definition) is 6. The lowest BCUT2D eigenvalue weighted by Gasteiger charge is -2.11. The number of hydrogen-bond donors (Lipinski definition) is 2. The maximum atomic E-state index is 4.81. The first-order valence-corrected chi connectivity index (χ1v) is 8.10. The van der Waals surface area contributed by atoms with Crippen molar-refractivity contribution in [3.05, 3.63) is 67.1 Å². The molecule has 0 amide bonds. The van der Waals surface area contributed by atoms with Crippen LogP contribution in [0.25, 0.3) is 33.2 Å². The number of rotatable bonds is 3. The molecule has 0 unspecified atom stereocenters. The highest BCUT2D eigenvalue weighted by Gasteiger charge is 2.10. The molecule has 0 radical (unpaired) electrons. The van der Waals surface area contributed by atoms with Crippen molar-refractivity contribution in [2.75, 3.05) is 5.32 Å². The van der Waals surface area contributed by atoms with E-state index in [9.17, 15) is 0 Å². The van der Waals surface area contributed by atoms with Crippen LogP contribution >= 0.6 is 0 Å². The summed E-state index contributed by atoms with van der Waals surface area (Å²) in [7, 11) is 0. The first kappa shape index (κ1) is 14.5. The summed E-state index contributed by atoms with van der Waals surface area (Å²) in [5, 5.41) is 15.2. The monoisotopic (exact) mass is 339 g/mol. The second-order valence-corrected chi connectivity index (χ2v) is 5.81. The minimum atomic E-state index is 0.741. The number of benzene rings is 1. The average Bonchev–Trinajstić information content (AvgIpc) is 3.16. The third-order valence-corrected chi connectivity index (χ3v) is 4.15. The molecule has 0 fully saturated rings. The van der Waals surface area contributed by atoms with Crippen LogP contribution in [0.5, 0.6) is 0 Å². The van der Waals surface area contributed by atoms with Crippen molar-refractivity contribution in [2.24, 2.45) is 0 Å². The van der Waals surface area contributed by atoms with Gasteiger partial charge in [0.25, 0.3) is 0 Å². The van der Waals surface area contributed by atoms with E-state index in [1.54, 1.807) is 18.6 Å². The van der Waals surface area contributed by atoms with Crippen molar-refractivity contribution in [3.8, 4) is 11.3 Å². The maximum absolute atomic E-state index is 4.81. The minimum Gasteiger partial charge on any atom is -0.340 e. The Balaban J connectivity index is 1.65. The molecule has 0 aliphatic heterocycles. The molecular weight excluding hydrogens is 326 g/mol. The van der Waals surface area contributed by atoms with Crippen LogP contribution in [0.15, 0.2) is 67.1 Å². The molecule has 1 aromatic carbocycles. The van der Waals surface area contributed by atoms with Gasteiger partial charge in [-0.2, -0.15) is 15.4 Å². The molecule has 7 heteroatoms. The standard InChI is InChI=1S/C19H13N7/c1-2-14-17(21-7-1)11-16(12-5-8-20-9-6-12)23-19(14)22-13-3-4-15-18(10-13)25-26-24-15/h1-11H,(H,22,23)(H,24,25,26). The molecule has 0 saturated heterocycles. The van der Waals surface area contributed by atoms with Crippen LogP contribution in [0, 0.1) is 0 Å². The normalized spacial score (nSPS) is 11.1. The highest BCUT2D eigenvalue weighted by atomic mass is 15.3. The van der Waals surface area contributed by atoms with Gasteiger partial charge in [-0.1, -0.05) is 0 Å². The van der Waals surface area contributed by atoms with Gasteiger partial charge in [-0.05, 0) is 48.5 Å². The summed E-state index contributed by atoms with van der Waals surface area (Å²) < 4.78 is 0. The Kier molecular flexibility index (Phi) is 3.28. The van der Waals surface area contributed by atoms with Crippen LogP contribution < -0.4 is 5.32 Å². The van der Waals surface area contributed by atoms with Gasteiger partial charge in [-0.25, -0.2) is 4.98 Å². The van der Waals surface area contributed by atoms with Crippen molar-refractivity contribution in [1.29, 1.82) is 0 Å². The zero-order chi connectivity index (χ0) is 17.3. The molecule has 26 heavy (non-hydrogen) atoms. The van der Waals surface area contributed by atoms with Gasteiger partial charge in [0, 0.05) is 35.2 Å². The summed E-state index contributed by atoms with van der Waals surface area (Å²) >= 11 is 0. The van der Waals surface area contributed by atoms with E-state index in [0.717, 1.165) is 44.7 Å². The van der Waals surface area contributed by atoms with Crippen LogP contribution in [0.2, 0.25) is 0 Å². The summed E-state index contributed by atoms with van der Waals surface area (Å²) in [4.78, 5) is 13.4. The number of nitrogens with one attached hydrogen (secondary N) is 2. The smallest absolute Gasteiger partial charge is 0.140 e. The zero-order valence-corrected chi connectivity index (χ0v) is 13.6. The molecular formula is C19H13N7. The number of anilines is 2. The summed E-state index contributed by atoms with van der Waals surface area (Å²) in [5.74, 6) is 0.741. The average molecular weight is 339 g/mol. The van der Waals surface area contributed by atoms with Crippen LogP contribution in [0.3, 0.4) is 0 Å². The fourth-order valence-corrected chi connectivity index (χ4v) is 2.90. The van der Waals surface area contributed by atoms with Gasteiger partial charge in [0.15, 0.2) is 0 Å². The second-order valence-electron chi connectivity index (χ2n) is 5.81. The Hall–Kier alpha value is -3.87. The molecule has 7 nitrogen and oxygen atoms in total. The van der Waals surface area contributed by atoms with E-state index in [1.807, 2.05) is 48.5 Å². The molecule has 4 heterocycles. The van der Waals surface area contributed by atoms with Crippen LogP contribution in [-0.2, 0) is 0 Å². The Bertz CT molecular complexity index is 1210. The van der Waals surface area contributed by atoms with Gasteiger partial charge in [-0.15, -0.1) is 0 Å². The zero-order valence-electron chi connectivity index (χ0n) is 13.6. The lowest BCUT2D eigenvalue weighted by Crippen LogP contribution is -1.98. The number of fused-ring (bicyclic) bond motifs is 2. The van der Waals surface area contributed by atoms with Crippen molar-refractivity contribution in [2.45, 2.75) is 0 Å². The van der Waals surface area contributed by atoms with Gasteiger partial charge in [0.2, 0.25) is 0 Å². The van der Waals surface area contributed by atoms with E-state index in [2.05, 4.69) is 30.7 Å². The Morgan fingerprint density at radius 3 is 2.62 bits per heavy atom. The molecule has 5 rings (SSSR count). The summed E-state index contributed by atoms with van der Waals surface area (Å²) in [6.07, 6.45) is 5.29. The molecule has 0 saturated carbocycles. The van der Waals surface area contributed by atoms with Crippen LogP contribution in [-0.4, -0.2) is 30.4 Å². The molecule has 0 spiro atoms. The van der Waals surface area contributed by atoms with Crippen molar-refractivity contribution in [1.82, 2.24) is 30.4 Å². The third-order valence-electron chi connectivity index (χ3n) is 4.15. The first-order valence-electron chi connectivity index (χ1n) is 8.10. The number of H-pyrrole nitrogens is 1. The van der Waals surface area contributed by atoms with E-state index >= 15 is 0 Å². The quantitative estimate of drug-likeness (QED) is 0.520. The summed E-state index contributed by atoms with van der Waals surface area (Å²) in [6.45, 7) is 0. The Labute approximate surface area is 148 Å². The highest BCUT2D eigenvalue weighted by molar-refractivity contribution is 5.94. The van der Waals surface area contributed by atoms with Crippen molar-refractivity contribution >= 4 is 33.4 Å². The molecule has 0 aliphatic carbocycles. The fraction of sp³-hybridized carbons (Fsp3) is 0. The number of pyridine rings is 3. The molecule has 4 aromatic heterocycles. The lowest BCUT2D eigenvalue weighted by atomic mass is 10.1. The van der Waals surface area contributed by atoms with Gasteiger partial charge >= 0.3 is 0 Å². The predicted octanol–water partition coefficient (Wildman–Crippen LogP) is 3.71. The van der Waals surface area contributed by atoms with Gasteiger partial charge in [0.1, 0.15) is 16.9 Å². The maximum Gasteiger partial charge on any atom is 0.140 e. The van der Waals surface area contributed by atoms with E-state index in [-0.39, 0.29) is 0 Å². The van der Waals surface area contributed by atoms with E-state index in [1.165, 1.54) is 0 Å². The molecule has 0 aliphatic rings. The predicted molar refractivity (Wildman–Crippen MR) is 99.9 cm³/mol. The van der Waals surface area contributed by atoms with Crippen LogP contribution in [0.4, 0.5) is 11.5 Å². The van der Waals surface area contributed by atoms with E-state index in [0.29, 0.717) is 0 Å². The topological polar surface area (TPSA) is 92.3 Å². The Morgan fingerprint density at radius 2 is 1.69 bits per heavy atom. The van der Waals surface area contributed by atoms with Crippen molar-refractivity contribution in [3.63, 3.8) is 0 Å².